The molecule has 3 heteroatoms. The van der Waals surface area contributed by atoms with Crippen LogP contribution in [0, 0.1) is 5.82 Å². The molecule has 2 aliphatic carbocycles. The Kier molecular flexibility index (Phi) is 5.27. The molecule has 116 valence electrons. The summed E-state index contributed by atoms with van der Waals surface area (Å²) < 4.78 is 15.6. The van der Waals surface area contributed by atoms with Crippen molar-refractivity contribution < 1.29 is 8.96 Å². The number of hydrogen-bond acceptors (Lipinski definition) is 0. The van der Waals surface area contributed by atoms with Crippen LogP contribution in [-0.2, 0) is 7.05 Å². The molecule has 0 bridgehead atoms. The zero-order valence-corrected chi connectivity index (χ0v) is 14.1. The maximum absolute atomic E-state index is 13.5. The lowest BCUT2D eigenvalue weighted by molar-refractivity contribution is -0.654. The molecule has 1 aromatic rings. The molecule has 0 aromatic carbocycles. The minimum Gasteiger partial charge on any atom is -0.200 e. The topological polar surface area (TPSA) is 3.88 Å². The maximum Gasteiger partial charge on any atom is 0.205 e. The van der Waals surface area contributed by atoms with E-state index in [0.717, 1.165) is 11.3 Å². The van der Waals surface area contributed by atoms with Crippen LogP contribution in [0.1, 0.15) is 64.2 Å². The summed E-state index contributed by atoms with van der Waals surface area (Å²) >= 11 is 0. The van der Waals surface area contributed by atoms with Crippen LogP contribution in [-0.4, -0.2) is 11.3 Å². The summed E-state index contributed by atoms with van der Waals surface area (Å²) in [5, 5.41) is 0. The molecule has 21 heavy (non-hydrogen) atoms. The first-order chi connectivity index (χ1) is 10.3. The molecule has 1 nitrogen and oxygen atoms in total. The van der Waals surface area contributed by atoms with E-state index in [1.165, 1.54) is 69.6 Å². The molecule has 0 aliphatic heterocycles. The highest BCUT2D eigenvalue weighted by atomic mass is 31.1. The van der Waals surface area contributed by atoms with Gasteiger partial charge in [0, 0.05) is 14.0 Å². The lowest BCUT2D eigenvalue weighted by Crippen LogP contribution is -2.47. The molecular weight excluding hydrogens is 280 g/mol. The van der Waals surface area contributed by atoms with Crippen molar-refractivity contribution in [2.24, 2.45) is 7.05 Å². The van der Waals surface area contributed by atoms with Crippen molar-refractivity contribution in [2.45, 2.75) is 75.5 Å². The van der Waals surface area contributed by atoms with Crippen LogP contribution in [0.4, 0.5) is 4.39 Å². The molecule has 0 spiro atoms. The van der Waals surface area contributed by atoms with E-state index < -0.39 is 0 Å². The van der Waals surface area contributed by atoms with Crippen molar-refractivity contribution in [1.82, 2.24) is 0 Å². The number of pyridine rings is 1. The standard InChI is InChI=1S/C18H28FNP/c1-20-14-15(19)12-13-18(20)21(16-8-4-2-5-9-16)17-10-6-3-7-11-17/h12-14,16-17H,2-11H2,1H3/q+1. The Balaban J connectivity index is 1.89. The Bertz CT molecular complexity index is 446. The van der Waals surface area contributed by atoms with Crippen LogP contribution < -0.4 is 10.0 Å². The molecule has 3 rings (SSSR count). The van der Waals surface area contributed by atoms with Gasteiger partial charge in [-0.3, -0.25) is 0 Å². The number of nitrogens with zero attached hydrogens (tertiary/aromatic N) is 1. The van der Waals surface area contributed by atoms with Crippen molar-refractivity contribution in [3.63, 3.8) is 0 Å². The van der Waals surface area contributed by atoms with E-state index >= 15 is 0 Å². The number of hydrogen-bond donors (Lipinski definition) is 0. The number of aromatic nitrogens is 1. The lowest BCUT2D eigenvalue weighted by atomic mass is 9.99. The SMILES string of the molecule is C[n+]1cc(F)ccc1P(C1CCCCC1)C1CCCCC1. The van der Waals surface area contributed by atoms with Gasteiger partial charge in [-0.1, -0.05) is 38.5 Å². The van der Waals surface area contributed by atoms with Gasteiger partial charge >= 0.3 is 0 Å². The molecule has 0 unspecified atom stereocenters. The second kappa shape index (κ2) is 7.18. The smallest absolute Gasteiger partial charge is 0.200 e. The number of rotatable bonds is 3. The number of halogens is 1. The highest BCUT2D eigenvalue weighted by molar-refractivity contribution is 7.66. The van der Waals surface area contributed by atoms with Gasteiger partial charge in [0.25, 0.3) is 0 Å². The summed E-state index contributed by atoms with van der Waals surface area (Å²) in [4.78, 5) is 0. The van der Waals surface area contributed by atoms with Crippen molar-refractivity contribution in [2.75, 3.05) is 0 Å². The van der Waals surface area contributed by atoms with E-state index in [0.29, 0.717) is 0 Å². The molecule has 0 atom stereocenters. The molecule has 2 fully saturated rings. The van der Waals surface area contributed by atoms with Gasteiger partial charge < -0.3 is 0 Å². The molecule has 1 aromatic heterocycles. The van der Waals surface area contributed by atoms with Gasteiger partial charge in [-0.15, -0.1) is 0 Å². The van der Waals surface area contributed by atoms with E-state index in [2.05, 4.69) is 10.6 Å². The minimum absolute atomic E-state index is 0.108. The highest BCUT2D eigenvalue weighted by Gasteiger charge is 2.36. The predicted molar refractivity (Wildman–Crippen MR) is 87.9 cm³/mol. The van der Waals surface area contributed by atoms with Crippen LogP contribution in [0.25, 0.3) is 0 Å². The average molecular weight is 308 g/mol. The normalized spacial score (nSPS) is 21.9. The van der Waals surface area contributed by atoms with Crippen LogP contribution in [0.3, 0.4) is 0 Å². The van der Waals surface area contributed by atoms with E-state index in [-0.39, 0.29) is 13.7 Å². The second-order valence-corrected chi connectivity index (χ2v) is 9.54. The van der Waals surface area contributed by atoms with Crippen molar-refractivity contribution in [3.05, 3.63) is 24.1 Å². The molecule has 0 amide bonds. The summed E-state index contributed by atoms with van der Waals surface area (Å²) in [7, 11) is 1.91. The molecular formula is C18H28FNP+. The van der Waals surface area contributed by atoms with Gasteiger partial charge in [0.2, 0.25) is 11.6 Å². The predicted octanol–water partition coefficient (Wildman–Crippen LogP) is 4.42. The summed E-state index contributed by atoms with van der Waals surface area (Å²) in [6.07, 6.45) is 15.7. The molecule has 0 N–H and O–H groups in total. The molecule has 0 saturated heterocycles. The molecule has 2 saturated carbocycles. The number of aryl methyl sites for hydroxylation is 1. The molecule has 0 radical (unpaired) electrons. The van der Waals surface area contributed by atoms with Gasteiger partial charge in [0.1, 0.15) is 7.05 Å². The van der Waals surface area contributed by atoms with Crippen molar-refractivity contribution in [1.29, 1.82) is 0 Å². The fourth-order valence-corrected chi connectivity index (χ4v) is 8.08. The first-order valence-electron chi connectivity index (χ1n) is 8.69. The van der Waals surface area contributed by atoms with E-state index in [1.807, 2.05) is 7.05 Å². The first-order valence-corrected chi connectivity index (χ1v) is 10.2. The van der Waals surface area contributed by atoms with E-state index in [1.54, 1.807) is 12.3 Å². The Labute approximate surface area is 129 Å². The summed E-state index contributed by atoms with van der Waals surface area (Å²) in [5.41, 5.74) is 3.20. The summed E-state index contributed by atoms with van der Waals surface area (Å²) in [6.45, 7) is 0. The first kappa shape index (κ1) is 15.4. The Morgan fingerprint density at radius 2 is 1.43 bits per heavy atom. The minimum atomic E-state index is -0.129. The fourth-order valence-electron chi connectivity index (χ4n) is 4.22. The molecule has 2 aliphatic rings. The zero-order valence-electron chi connectivity index (χ0n) is 13.2. The maximum atomic E-state index is 13.5. The van der Waals surface area contributed by atoms with Gasteiger partial charge in [0.15, 0.2) is 5.82 Å². The van der Waals surface area contributed by atoms with Crippen molar-refractivity contribution >= 4 is 13.4 Å². The quantitative estimate of drug-likeness (QED) is 0.575. The lowest BCUT2D eigenvalue weighted by Gasteiger charge is -2.36. The average Bonchev–Trinajstić information content (AvgIpc) is 2.52. The Morgan fingerprint density at radius 1 is 0.905 bits per heavy atom. The van der Waals surface area contributed by atoms with Crippen molar-refractivity contribution in [3.8, 4) is 0 Å². The largest absolute Gasteiger partial charge is 0.205 e. The zero-order chi connectivity index (χ0) is 14.7. The van der Waals surface area contributed by atoms with Gasteiger partial charge in [-0.05, 0) is 43.1 Å². The molecule has 1 heterocycles. The Morgan fingerprint density at radius 3 is 1.90 bits per heavy atom. The summed E-state index contributed by atoms with van der Waals surface area (Å²) in [6, 6.07) is 3.76. The monoisotopic (exact) mass is 308 g/mol. The third-order valence-corrected chi connectivity index (χ3v) is 8.87. The fraction of sp³-hybridized carbons (Fsp3) is 0.722. The van der Waals surface area contributed by atoms with Gasteiger partial charge in [-0.2, -0.15) is 4.57 Å². The Hall–Kier alpha value is -0.490. The summed E-state index contributed by atoms with van der Waals surface area (Å²) in [5.74, 6) is -0.108. The third kappa shape index (κ3) is 3.65. The van der Waals surface area contributed by atoms with E-state index in [4.69, 9.17) is 0 Å². The van der Waals surface area contributed by atoms with E-state index in [9.17, 15) is 4.39 Å². The van der Waals surface area contributed by atoms with Crippen LogP contribution in [0.5, 0.6) is 0 Å². The van der Waals surface area contributed by atoms with Gasteiger partial charge in [0.05, 0.1) is 0 Å². The van der Waals surface area contributed by atoms with Gasteiger partial charge in [-0.25, -0.2) is 4.39 Å². The highest BCUT2D eigenvalue weighted by Crippen LogP contribution is 2.54. The second-order valence-electron chi connectivity index (χ2n) is 6.81. The van der Waals surface area contributed by atoms with Crippen LogP contribution >= 0.6 is 7.92 Å². The third-order valence-electron chi connectivity index (χ3n) is 5.27. The van der Waals surface area contributed by atoms with Crippen LogP contribution in [0.15, 0.2) is 18.3 Å². The van der Waals surface area contributed by atoms with Crippen LogP contribution in [0.2, 0.25) is 0 Å².